The van der Waals surface area contributed by atoms with Crippen LogP contribution >= 0.6 is 0 Å². The first-order valence-corrected chi connectivity index (χ1v) is 6.67. The van der Waals surface area contributed by atoms with Crippen molar-refractivity contribution in [3.63, 3.8) is 0 Å². The lowest BCUT2D eigenvalue weighted by atomic mass is 9.75. The maximum atomic E-state index is 13.0. The van der Waals surface area contributed by atoms with Crippen LogP contribution in [0.4, 0.5) is 4.39 Å². The van der Waals surface area contributed by atoms with Crippen molar-refractivity contribution >= 4 is 0 Å². The predicted octanol–water partition coefficient (Wildman–Crippen LogP) is 2.80. The fourth-order valence-electron chi connectivity index (χ4n) is 3.02. The van der Waals surface area contributed by atoms with Crippen LogP contribution in [0.2, 0.25) is 0 Å². The zero-order valence-electron chi connectivity index (χ0n) is 11.2. The van der Waals surface area contributed by atoms with Crippen molar-refractivity contribution in [3.8, 4) is 0 Å². The van der Waals surface area contributed by atoms with Gasteiger partial charge in [-0.3, -0.25) is 0 Å². The first-order valence-electron chi connectivity index (χ1n) is 6.67. The van der Waals surface area contributed by atoms with E-state index in [0.717, 1.165) is 26.1 Å². The molecule has 3 atom stereocenters. The van der Waals surface area contributed by atoms with Gasteiger partial charge in [-0.15, -0.1) is 0 Å². The second-order valence-electron chi connectivity index (χ2n) is 5.25. The van der Waals surface area contributed by atoms with Gasteiger partial charge < -0.3 is 10.1 Å². The van der Waals surface area contributed by atoms with Gasteiger partial charge in [0, 0.05) is 20.3 Å². The SMILES string of the molecule is COCC(C)C1CCNCC1c1ccc(F)cc1. The van der Waals surface area contributed by atoms with Crippen molar-refractivity contribution in [2.24, 2.45) is 11.8 Å². The van der Waals surface area contributed by atoms with Crippen LogP contribution in [0, 0.1) is 17.7 Å². The van der Waals surface area contributed by atoms with Crippen LogP contribution < -0.4 is 5.32 Å². The summed E-state index contributed by atoms with van der Waals surface area (Å²) in [6, 6.07) is 6.95. The molecule has 3 unspecified atom stereocenters. The maximum Gasteiger partial charge on any atom is 0.123 e. The van der Waals surface area contributed by atoms with Crippen LogP contribution in [0.25, 0.3) is 0 Å². The monoisotopic (exact) mass is 251 g/mol. The van der Waals surface area contributed by atoms with E-state index in [-0.39, 0.29) is 5.82 Å². The Morgan fingerprint density at radius 1 is 1.39 bits per heavy atom. The van der Waals surface area contributed by atoms with Gasteiger partial charge in [0.15, 0.2) is 0 Å². The number of methoxy groups -OCH3 is 1. The fourth-order valence-corrected chi connectivity index (χ4v) is 3.02. The van der Waals surface area contributed by atoms with Crippen molar-refractivity contribution in [3.05, 3.63) is 35.6 Å². The average molecular weight is 251 g/mol. The Kier molecular flexibility index (Phi) is 4.72. The van der Waals surface area contributed by atoms with Gasteiger partial charge in [0.05, 0.1) is 0 Å². The molecule has 0 amide bonds. The highest BCUT2D eigenvalue weighted by atomic mass is 19.1. The van der Waals surface area contributed by atoms with Crippen molar-refractivity contribution < 1.29 is 9.13 Å². The first-order chi connectivity index (χ1) is 8.72. The molecule has 1 aromatic rings. The fraction of sp³-hybridized carbons (Fsp3) is 0.600. The van der Waals surface area contributed by atoms with Crippen LogP contribution in [0.5, 0.6) is 0 Å². The summed E-state index contributed by atoms with van der Waals surface area (Å²) in [5, 5.41) is 3.44. The second kappa shape index (κ2) is 6.30. The molecule has 1 aliphatic heterocycles. The molecule has 0 saturated carbocycles. The van der Waals surface area contributed by atoms with Gasteiger partial charge in [0.25, 0.3) is 0 Å². The Morgan fingerprint density at radius 2 is 2.11 bits per heavy atom. The molecular formula is C15H22FNO. The summed E-state index contributed by atoms with van der Waals surface area (Å²) in [6.45, 7) is 5.08. The molecule has 0 aromatic heterocycles. The van der Waals surface area contributed by atoms with E-state index >= 15 is 0 Å². The van der Waals surface area contributed by atoms with Gasteiger partial charge in [-0.05, 0) is 48.4 Å². The topological polar surface area (TPSA) is 21.3 Å². The van der Waals surface area contributed by atoms with Gasteiger partial charge in [-0.2, -0.15) is 0 Å². The smallest absolute Gasteiger partial charge is 0.123 e. The molecule has 1 aromatic carbocycles. The molecule has 1 heterocycles. The lowest BCUT2D eigenvalue weighted by Gasteiger charge is -2.36. The normalized spacial score (nSPS) is 25.9. The molecule has 100 valence electrons. The molecule has 0 aliphatic carbocycles. The van der Waals surface area contributed by atoms with Gasteiger partial charge >= 0.3 is 0 Å². The third-order valence-electron chi connectivity index (χ3n) is 3.99. The molecule has 2 rings (SSSR count). The van der Waals surface area contributed by atoms with E-state index < -0.39 is 0 Å². The minimum atomic E-state index is -0.163. The molecule has 0 radical (unpaired) electrons. The highest BCUT2D eigenvalue weighted by Crippen LogP contribution is 2.34. The van der Waals surface area contributed by atoms with E-state index in [0.29, 0.717) is 17.8 Å². The summed E-state index contributed by atoms with van der Waals surface area (Å²) in [5.74, 6) is 1.44. The summed E-state index contributed by atoms with van der Waals surface area (Å²) in [5.41, 5.74) is 1.23. The lowest BCUT2D eigenvalue weighted by molar-refractivity contribution is 0.107. The van der Waals surface area contributed by atoms with Gasteiger partial charge in [-0.25, -0.2) is 4.39 Å². The van der Waals surface area contributed by atoms with Gasteiger partial charge in [0.2, 0.25) is 0 Å². The molecular weight excluding hydrogens is 229 g/mol. The Balaban J connectivity index is 2.14. The summed E-state index contributed by atoms with van der Waals surface area (Å²) in [6.07, 6.45) is 1.16. The van der Waals surface area contributed by atoms with Crippen LogP contribution in [0.15, 0.2) is 24.3 Å². The Bertz CT molecular complexity index is 365. The maximum absolute atomic E-state index is 13.0. The molecule has 3 heteroatoms. The Morgan fingerprint density at radius 3 is 2.78 bits per heavy atom. The van der Waals surface area contributed by atoms with E-state index in [1.807, 2.05) is 12.1 Å². The van der Waals surface area contributed by atoms with E-state index in [9.17, 15) is 4.39 Å². The van der Waals surface area contributed by atoms with Crippen LogP contribution in [-0.2, 0) is 4.74 Å². The average Bonchev–Trinajstić information content (AvgIpc) is 2.40. The van der Waals surface area contributed by atoms with Crippen LogP contribution in [0.1, 0.15) is 24.8 Å². The van der Waals surface area contributed by atoms with Crippen molar-refractivity contribution in [2.75, 3.05) is 26.8 Å². The van der Waals surface area contributed by atoms with Crippen molar-refractivity contribution in [1.82, 2.24) is 5.32 Å². The van der Waals surface area contributed by atoms with E-state index in [4.69, 9.17) is 4.74 Å². The Hall–Kier alpha value is -0.930. The molecule has 18 heavy (non-hydrogen) atoms. The van der Waals surface area contributed by atoms with Crippen molar-refractivity contribution in [2.45, 2.75) is 19.3 Å². The molecule has 1 fully saturated rings. The van der Waals surface area contributed by atoms with Crippen molar-refractivity contribution in [1.29, 1.82) is 0 Å². The number of nitrogens with one attached hydrogen (secondary N) is 1. The summed E-state index contributed by atoms with van der Waals surface area (Å²) >= 11 is 0. The highest BCUT2D eigenvalue weighted by Gasteiger charge is 2.30. The minimum Gasteiger partial charge on any atom is -0.384 e. The Labute approximate surface area is 109 Å². The van der Waals surface area contributed by atoms with Gasteiger partial charge in [-0.1, -0.05) is 19.1 Å². The molecule has 1 saturated heterocycles. The number of piperidine rings is 1. The standard InChI is InChI=1S/C15H22FNO/c1-11(10-18-2)14-7-8-17-9-15(14)12-3-5-13(16)6-4-12/h3-6,11,14-15,17H,7-10H2,1-2H3. The quantitative estimate of drug-likeness (QED) is 0.888. The molecule has 1 N–H and O–H groups in total. The predicted molar refractivity (Wildman–Crippen MR) is 71.2 cm³/mol. The zero-order valence-corrected chi connectivity index (χ0v) is 11.2. The number of hydrogen-bond acceptors (Lipinski definition) is 2. The summed E-state index contributed by atoms with van der Waals surface area (Å²) in [4.78, 5) is 0. The summed E-state index contributed by atoms with van der Waals surface area (Å²) in [7, 11) is 1.75. The lowest BCUT2D eigenvalue weighted by Crippen LogP contribution is -2.38. The molecule has 2 nitrogen and oxygen atoms in total. The summed E-state index contributed by atoms with van der Waals surface area (Å²) < 4.78 is 18.3. The van der Waals surface area contributed by atoms with E-state index in [1.165, 1.54) is 5.56 Å². The number of halogens is 1. The third-order valence-corrected chi connectivity index (χ3v) is 3.99. The van der Waals surface area contributed by atoms with E-state index in [1.54, 1.807) is 19.2 Å². The number of rotatable bonds is 4. The van der Waals surface area contributed by atoms with Gasteiger partial charge in [0.1, 0.15) is 5.82 Å². The molecule has 1 aliphatic rings. The second-order valence-corrected chi connectivity index (χ2v) is 5.25. The third kappa shape index (κ3) is 3.09. The van der Waals surface area contributed by atoms with Crippen LogP contribution in [0.3, 0.4) is 0 Å². The zero-order chi connectivity index (χ0) is 13.0. The minimum absolute atomic E-state index is 0.163. The number of benzene rings is 1. The highest BCUT2D eigenvalue weighted by molar-refractivity contribution is 5.22. The molecule has 0 bridgehead atoms. The van der Waals surface area contributed by atoms with Crippen LogP contribution in [-0.4, -0.2) is 26.8 Å². The van der Waals surface area contributed by atoms with E-state index in [2.05, 4.69) is 12.2 Å². The largest absolute Gasteiger partial charge is 0.384 e. The first kappa shape index (κ1) is 13.5. The number of ether oxygens (including phenoxy) is 1. The number of hydrogen-bond donors (Lipinski definition) is 1. The molecule has 0 spiro atoms.